The predicted octanol–water partition coefficient (Wildman–Crippen LogP) is -0.0100. The molecule has 0 unspecified atom stereocenters. The molecule has 4 heteroatoms. The van der Waals surface area contributed by atoms with Gasteiger partial charge in [0.05, 0.1) is 0 Å². The van der Waals surface area contributed by atoms with Crippen LogP contribution >= 0.6 is 0 Å². The van der Waals surface area contributed by atoms with Crippen molar-refractivity contribution in [3.8, 4) is 0 Å². The minimum absolute atomic E-state index is 0. The SMILES string of the molecule is [Co].[Cr].[Ta][Pt]. The molecule has 0 spiro atoms. The molecule has 0 rings (SSSR count). The molecule has 0 N–H and O–H groups in total. The molecule has 0 aliphatic rings. The predicted molar refractivity (Wildman–Crippen MR) is 0 cm³/mol. The molecule has 0 heterocycles. The van der Waals surface area contributed by atoms with Gasteiger partial charge in [-0.25, -0.2) is 0 Å². The second-order valence-corrected chi connectivity index (χ2v) is 0. The summed E-state index contributed by atoms with van der Waals surface area (Å²) in [6.45, 7) is 0. The van der Waals surface area contributed by atoms with Crippen molar-refractivity contribution in [3.05, 3.63) is 0 Å². The normalized spacial score (nSPS) is 1.50. The molecule has 0 atom stereocenters. The summed E-state index contributed by atoms with van der Waals surface area (Å²) in [5.41, 5.74) is 0. The van der Waals surface area contributed by atoms with Gasteiger partial charge >= 0.3 is 34.5 Å². The van der Waals surface area contributed by atoms with E-state index in [9.17, 15) is 0 Å². The van der Waals surface area contributed by atoms with Crippen molar-refractivity contribution >= 4 is 0 Å². The van der Waals surface area contributed by atoms with Crippen molar-refractivity contribution in [2.75, 3.05) is 0 Å². The third-order valence-electron chi connectivity index (χ3n) is 0. The molecule has 0 saturated carbocycles. The summed E-state index contributed by atoms with van der Waals surface area (Å²) in [4.78, 5) is 0. The zero-order valence-corrected chi connectivity index (χ0v) is 9.31. The van der Waals surface area contributed by atoms with Crippen LogP contribution in [0, 0.1) is 0 Å². The molecule has 0 bridgehead atoms. The Morgan fingerprint density at radius 2 is 1.25 bits per heavy atom. The van der Waals surface area contributed by atoms with Gasteiger partial charge in [0.25, 0.3) is 0 Å². The van der Waals surface area contributed by atoms with Crippen molar-refractivity contribution in [1.82, 2.24) is 0 Å². The van der Waals surface area contributed by atoms with Crippen LogP contribution in [0.2, 0.25) is 0 Å². The fraction of sp³-hybridized carbons (Fsp3) is 0. The van der Waals surface area contributed by atoms with Crippen molar-refractivity contribution in [2.45, 2.75) is 0 Å². The quantitative estimate of drug-likeness (QED) is 0.452. The van der Waals surface area contributed by atoms with Crippen LogP contribution in [0.5, 0.6) is 0 Å². The summed E-state index contributed by atoms with van der Waals surface area (Å²) in [5, 5.41) is 0. The molecule has 0 aromatic rings. The van der Waals surface area contributed by atoms with Gasteiger partial charge < -0.3 is 0 Å². The Labute approximate surface area is 67.6 Å². The van der Waals surface area contributed by atoms with Gasteiger partial charge in [0.15, 0.2) is 0 Å². The summed E-state index contributed by atoms with van der Waals surface area (Å²) in [7, 11) is 0. The standard InChI is InChI=1S/Co.Cr.Pt.Ta. The van der Waals surface area contributed by atoms with E-state index in [1.54, 1.807) is 0 Å². The molecule has 0 fully saturated rings. The van der Waals surface area contributed by atoms with E-state index in [1.807, 2.05) is 0 Å². The van der Waals surface area contributed by atoms with Crippen molar-refractivity contribution < 1.29 is 68.6 Å². The van der Waals surface area contributed by atoms with Crippen LogP contribution in [-0.2, 0) is 68.6 Å². The summed E-state index contributed by atoms with van der Waals surface area (Å²) in [6.07, 6.45) is 0. The average Bonchev–Trinajstić information content (AvgIpc) is 1.00. The van der Waals surface area contributed by atoms with Crippen LogP contribution in [0.3, 0.4) is 0 Å². The van der Waals surface area contributed by atoms with E-state index in [4.69, 9.17) is 0 Å². The Morgan fingerprint density at radius 1 is 1.25 bits per heavy atom. The van der Waals surface area contributed by atoms with Crippen molar-refractivity contribution in [2.24, 2.45) is 0 Å². The Kier molecular flexibility index (Phi) is 72.0. The second kappa shape index (κ2) is 17.9. The number of hydrogen-bond acceptors (Lipinski definition) is 0. The van der Waals surface area contributed by atoms with Gasteiger partial charge in [-0.05, 0) is 0 Å². The zero-order chi connectivity index (χ0) is 2.00. The van der Waals surface area contributed by atoms with E-state index < -0.39 is 0 Å². The average molecular weight is 487 g/mol. The molecule has 0 amide bonds. The Balaban J connectivity index is -0.00000000500. The molecule has 30 valence electrons. The van der Waals surface area contributed by atoms with Crippen LogP contribution in [0.15, 0.2) is 0 Å². The Hall–Kier alpha value is 2.47. The van der Waals surface area contributed by atoms with Crippen LogP contribution in [0.1, 0.15) is 0 Å². The van der Waals surface area contributed by atoms with E-state index in [0.29, 0.717) is 0 Å². The number of hydrogen-bond donors (Lipinski definition) is 0. The van der Waals surface area contributed by atoms with Gasteiger partial charge in [0, 0.05) is 34.1 Å². The van der Waals surface area contributed by atoms with Gasteiger partial charge in [-0.2, -0.15) is 0 Å². The Bertz CT molecular complexity index is 8.00. The van der Waals surface area contributed by atoms with Crippen LogP contribution in [-0.4, -0.2) is 0 Å². The zero-order valence-electron chi connectivity index (χ0n) is 1.51. The van der Waals surface area contributed by atoms with E-state index in [2.05, 4.69) is 16.5 Å². The summed E-state index contributed by atoms with van der Waals surface area (Å²) >= 11 is 3.67. The fourth-order valence-corrected chi connectivity index (χ4v) is 0. The summed E-state index contributed by atoms with van der Waals surface area (Å²) < 4.78 is 0. The summed E-state index contributed by atoms with van der Waals surface area (Å²) in [6, 6.07) is 0. The first-order valence-corrected chi connectivity index (χ1v) is 9.48. The first-order chi connectivity index (χ1) is 1.00. The van der Waals surface area contributed by atoms with Gasteiger partial charge in [-0.15, -0.1) is 0 Å². The fourth-order valence-electron chi connectivity index (χ4n) is 0. The molecule has 0 nitrogen and oxygen atoms in total. The van der Waals surface area contributed by atoms with Crippen LogP contribution in [0.4, 0.5) is 0 Å². The van der Waals surface area contributed by atoms with Crippen molar-refractivity contribution in [3.63, 3.8) is 0 Å². The minimum atomic E-state index is 0. The van der Waals surface area contributed by atoms with E-state index >= 15 is 0 Å². The molecular weight excluding hydrogens is 487 g/mol. The maximum absolute atomic E-state index is 2.25. The van der Waals surface area contributed by atoms with Crippen LogP contribution in [0.25, 0.3) is 0 Å². The topological polar surface area (TPSA) is 0 Å². The molecule has 4 heavy (non-hydrogen) atoms. The van der Waals surface area contributed by atoms with E-state index in [1.165, 1.54) is 18.0 Å². The first-order valence-electron chi connectivity index (χ1n) is 0.141. The maximum atomic E-state index is 2.25. The molecular formula is CoCrPtTa. The van der Waals surface area contributed by atoms with Gasteiger partial charge in [-0.3, -0.25) is 0 Å². The molecule has 0 aliphatic heterocycles. The second-order valence-electron chi connectivity index (χ2n) is 0. The number of rotatable bonds is 0. The molecule has 0 saturated heterocycles. The van der Waals surface area contributed by atoms with E-state index in [-0.39, 0.29) is 34.1 Å². The van der Waals surface area contributed by atoms with Gasteiger partial charge in [-0.1, -0.05) is 0 Å². The van der Waals surface area contributed by atoms with Crippen LogP contribution < -0.4 is 0 Å². The third-order valence-corrected chi connectivity index (χ3v) is 0. The molecule has 0 aromatic heterocycles. The van der Waals surface area contributed by atoms with Gasteiger partial charge in [0.2, 0.25) is 0 Å². The third kappa shape index (κ3) is 8.82. The Morgan fingerprint density at radius 3 is 1.25 bits per heavy atom. The van der Waals surface area contributed by atoms with Crippen molar-refractivity contribution in [1.29, 1.82) is 0 Å². The molecule has 0 aliphatic carbocycles. The first kappa shape index (κ1) is 16.1. The molecule has 0 aromatic carbocycles. The molecule has 1 radical (unpaired) electrons. The summed E-state index contributed by atoms with van der Waals surface area (Å²) in [5.74, 6) is 0. The van der Waals surface area contributed by atoms with E-state index in [0.717, 1.165) is 0 Å². The monoisotopic (exact) mass is 487 g/mol. The van der Waals surface area contributed by atoms with Gasteiger partial charge in [0.1, 0.15) is 0 Å².